The molecule has 0 amide bonds. The number of nitrogens with zero attached hydrogens (tertiary/aromatic N) is 2. The maximum absolute atomic E-state index is 2.42. The molecule has 0 atom stereocenters. The van der Waals surface area contributed by atoms with Gasteiger partial charge in [-0.15, -0.1) is 0 Å². The van der Waals surface area contributed by atoms with Gasteiger partial charge < -0.3 is 0 Å². The van der Waals surface area contributed by atoms with Crippen LogP contribution in [0.1, 0.15) is 12.0 Å². The van der Waals surface area contributed by atoms with Gasteiger partial charge in [0.25, 0.3) is 5.84 Å². The quantitative estimate of drug-likeness (QED) is 0.744. The third-order valence-corrected chi connectivity index (χ3v) is 3.59. The molecule has 0 spiro atoms. The van der Waals surface area contributed by atoms with Gasteiger partial charge in [0.15, 0.2) is 0 Å². The van der Waals surface area contributed by atoms with Crippen LogP contribution in [0, 0.1) is 0 Å². The van der Waals surface area contributed by atoms with Crippen molar-refractivity contribution in [2.45, 2.75) is 6.42 Å². The number of anilines is 1. The standard InChI is InChI=1S/C17H19N2/c1-18-13-8-14-19(16-11-6-3-7-12-16)17(18)15-9-4-2-5-10-15/h2-7,9-12H,8,13-14H2,1H3/q+1. The van der Waals surface area contributed by atoms with E-state index in [-0.39, 0.29) is 0 Å². The predicted octanol–water partition coefficient (Wildman–Crippen LogP) is 2.99. The fourth-order valence-corrected chi connectivity index (χ4v) is 2.71. The summed E-state index contributed by atoms with van der Waals surface area (Å²) in [6, 6.07) is 21.3. The molecular weight excluding hydrogens is 232 g/mol. The van der Waals surface area contributed by atoms with E-state index in [0.29, 0.717) is 0 Å². The van der Waals surface area contributed by atoms with E-state index in [1.165, 1.54) is 23.5 Å². The van der Waals surface area contributed by atoms with Gasteiger partial charge in [-0.1, -0.05) is 36.4 Å². The number of para-hydroxylation sites is 1. The minimum atomic E-state index is 1.08. The summed E-state index contributed by atoms with van der Waals surface area (Å²) in [5.41, 5.74) is 2.56. The van der Waals surface area contributed by atoms with Gasteiger partial charge in [0.1, 0.15) is 5.69 Å². The van der Waals surface area contributed by atoms with Crippen LogP contribution in [0.2, 0.25) is 0 Å². The van der Waals surface area contributed by atoms with Crippen LogP contribution in [0.3, 0.4) is 0 Å². The first-order valence-corrected chi connectivity index (χ1v) is 6.82. The Hall–Kier alpha value is -2.09. The number of amidine groups is 1. The van der Waals surface area contributed by atoms with Gasteiger partial charge >= 0.3 is 0 Å². The molecule has 0 unspecified atom stereocenters. The summed E-state index contributed by atoms with van der Waals surface area (Å²) in [4.78, 5) is 2.42. The van der Waals surface area contributed by atoms with E-state index >= 15 is 0 Å². The molecule has 3 rings (SSSR count). The molecule has 1 aliphatic rings. The summed E-state index contributed by atoms with van der Waals surface area (Å²) in [6.07, 6.45) is 1.20. The maximum atomic E-state index is 2.42. The van der Waals surface area contributed by atoms with E-state index in [0.717, 1.165) is 13.1 Å². The zero-order valence-electron chi connectivity index (χ0n) is 11.3. The van der Waals surface area contributed by atoms with Crippen molar-refractivity contribution < 1.29 is 4.58 Å². The minimum Gasteiger partial charge on any atom is -0.264 e. The molecule has 2 aromatic rings. The molecule has 0 bridgehead atoms. The summed E-state index contributed by atoms with van der Waals surface area (Å²) in [5, 5.41) is 0. The predicted molar refractivity (Wildman–Crippen MR) is 80.0 cm³/mol. The average Bonchev–Trinajstić information content (AvgIpc) is 2.49. The summed E-state index contributed by atoms with van der Waals surface area (Å²) in [5.74, 6) is 1.30. The number of hydrogen-bond acceptors (Lipinski definition) is 1. The fraction of sp³-hybridized carbons (Fsp3) is 0.235. The van der Waals surface area contributed by atoms with Gasteiger partial charge in [-0.05, 0) is 24.3 Å². The Labute approximate surface area is 114 Å². The van der Waals surface area contributed by atoms with Gasteiger partial charge in [-0.25, -0.2) is 4.90 Å². The number of benzene rings is 2. The van der Waals surface area contributed by atoms with Gasteiger partial charge in [0, 0.05) is 6.42 Å². The van der Waals surface area contributed by atoms with Crippen LogP contribution in [0.5, 0.6) is 0 Å². The Morgan fingerprint density at radius 1 is 0.895 bits per heavy atom. The van der Waals surface area contributed by atoms with Crippen LogP contribution >= 0.6 is 0 Å². The van der Waals surface area contributed by atoms with Gasteiger partial charge in [0.2, 0.25) is 0 Å². The van der Waals surface area contributed by atoms with Crippen LogP contribution in [-0.2, 0) is 0 Å². The molecule has 0 saturated carbocycles. The molecule has 2 nitrogen and oxygen atoms in total. The van der Waals surface area contributed by atoms with Crippen molar-refractivity contribution in [3.05, 3.63) is 66.2 Å². The highest BCUT2D eigenvalue weighted by atomic mass is 15.3. The summed E-state index contributed by atoms with van der Waals surface area (Å²) >= 11 is 0. The molecule has 0 aromatic heterocycles. The largest absolute Gasteiger partial charge is 0.284 e. The molecule has 0 fully saturated rings. The third-order valence-electron chi connectivity index (χ3n) is 3.59. The smallest absolute Gasteiger partial charge is 0.264 e. The summed E-state index contributed by atoms with van der Waals surface area (Å²) in [6.45, 7) is 2.20. The average molecular weight is 251 g/mol. The highest BCUT2D eigenvalue weighted by Crippen LogP contribution is 2.20. The molecule has 0 radical (unpaired) electrons. The molecule has 19 heavy (non-hydrogen) atoms. The second-order valence-corrected chi connectivity index (χ2v) is 4.95. The first-order valence-electron chi connectivity index (χ1n) is 6.82. The Balaban J connectivity index is 2.07. The lowest BCUT2D eigenvalue weighted by Crippen LogP contribution is -2.43. The maximum Gasteiger partial charge on any atom is 0.284 e. The van der Waals surface area contributed by atoms with Gasteiger partial charge in [0.05, 0.1) is 25.7 Å². The van der Waals surface area contributed by atoms with Crippen molar-refractivity contribution in [1.82, 2.24) is 0 Å². The molecule has 1 heterocycles. The van der Waals surface area contributed by atoms with Gasteiger partial charge in [-0.2, -0.15) is 0 Å². The van der Waals surface area contributed by atoms with E-state index < -0.39 is 0 Å². The molecular formula is C17H19N2+. The fourth-order valence-electron chi connectivity index (χ4n) is 2.71. The van der Waals surface area contributed by atoms with Crippen molar-refractivity contribution in [2.24, 2.45) is 0 Å². The first-order chi connectivity index (χ1) is 9.36. The van der Waals surface area contributed by atoms with Crippen LogP contribution < -0.4 is 4.90 Å². The number of rotatable bonds is 2. The second-order valence-electron chi connectivity index (χ2n) is 4.95. The SMILES string of the molecule is C[N+]1=C(c2ccccc2)N(c2ccccc2)CCC1. The first kappa shape index (κ1) is 12.0. The van der Waals surface area contributed by atoms with Crippen LogP contribution in [0.15, 0.2) is 60.7 Å². The molecule has 0 N–H and O–H groups in total. The summed E-state index contributed by atoms with van der Waals surface area (Å²) < 4.78 is 2.35. The van der Waals surface area contributed by atoms with E-state index in [4.69, 9.17) is 0 Å². The second kappa shape index (κ2) is 5.27. The third kappa shape index (κ3) is 2.39. The van der Waals surface area contributed by atoms with Crippen molar-refractivity contribution >= 4 is 11.5 Å². The molecule has 1 aliphatic heterocycles. The topological polar surface area (TPSA) is 6.25 Å². The highest BCUT2D eigenvalue weighted by molar-refractivity contribution is 6.06. The Morgan fingerprint density at radius 3 is 2.21 bits per heavy atom. The van der Waals surface area contributed by atoms with Crippen molar-refractivity contribution in [3.63, 3.8) is 0 Å². The lowest BCUT2D eigenvalue weighted by molar-refractivity contribution is -0.501. The highest BCUT2D eigenvalue weighted by Gasteiger charge is 2.28. The Bertz CT molecular complexity index is 573. The normalized spacial score (nSPS) is 15.7. The molecule has 96 valence electrons. The van der Waals surface area contributed by atoms with E-state index in [1.54, 1.807) is 0 Å². The van der Waals surface area contributed by atoms with Crippen LogP contribution in [-0.4, -0.2) is 30.5 Å². The van der Waals surface area contributed by atoms with E-state index in [9.17, 15) is 0 Å². The minimum absolute atomic E-state index is 1.08. The molecule has 0 aliphatic carbocycles. The summed E-state index contributed by atoms with van der Waals surface area (Å²) in [7, 11) is 2.18. The Morgan fingerprint density at radius 2 is 1.53 bits per heavy atom. The monoisotopic (exact) mass is 251 g/mol. The lowest BCUT2D eigenvalue weighted by atomic mass is 10.1. The van der Waals surface area contributed by atoms with Crippen LogP contribution in [0.4, 0.5) is 5.69 Å². The number of hydrogen-bond donors (Lipinski definition) is 0. The van der Waals surface area contributed by atoms with Crippen molar-refractivity contribution in [2.75, 3.05) is 25.0 Å². The van der Waals surface area contributed by atoms with E-state index in [2.05, 4.69) is 77.2 Å². The molecule has 2 aromatic carbocycles. The molecule has 2 heteroatoms. The zero-order valence-corrected chi connectivity index (χ0v) is 11.3. The van der Waals surface area contributed by atoms with Gasteiger partial charge in [-0.3, -0.25) is 4.58 Å². The Kier molecular flexibility index (Phi) is 3.32. The van der Waals surface area contributed by atoms with Crippen molar-refractivity contribution in [1.29, 1.82) is 0 Å². The molecule has 0 saturated heterocycles. The van der Waals surface area contributed by atoms with Crippen LogP contribution in [0.25, 0.3) is 0 Å². The zero-order chi connectivity index (χ0) is 13.1. The lowest BCUT2D eigenvalue weighted by Gasteiger charge is -2.25. The van der Waals surface area contributed by atoms with Crippen molar-refractivity contribution in [3.8, 4) is 0 Å². The van der Waals surface area contributed by atoms with E-state index in [1.807, 2.05) is 0 Å².